The smallest absolute Gasteiger partial charge is 0.122 e. The van der Waals surface area contributed by atoms with E-state index in [0.29, 0.717) is 6.61 Å². The van der Waals surface area contributed by atoms with Crippen molar-refractivity contribution in [3.63, 3.8) is 0 Å². The summed E-state index contributed by atoms with van der Waals surface area (Å²) in [6, 6.07) is 11.6. The highest BCUT2D eigenvalue weighted by molar-refractivity contribution is 5.36. The second-order valence-electron chi connectivity index (χ2n) is 4.62. The summed E-state index contributed by atoms with van der Waals surface area (Å²) >= 11 is 0. The number of rotatable bonds is 5. The zero-order valence-electron chi connectivity index (χ0n) is 11.3. The molecule has 1 atom stereocenters. The fraction of sp³-hybridized carbons (Fsp3) is 0.312. The van der Waals surface area contributed by atoms with E-state index in [9.17, 15) is 5.11 Å². The van der Waals surface area contributed by atoms with Crippen LogP contribution in [0.25, 0.3) is 0 Å². The number of benzene rings is 1. The Morgan fingerprint density at radius 1 is 1.26 bits per heavy atom. The van der Waals surface area contributed by atoms with Crippen LogP contribution in [0.15, 0.2) is 42.6 Å². The van der Waals surface area contributed by atoms with E-state index >= 15 is 0 Å². The minimum Gasteiger partial charge on any atom is -0.493 e. The molecule has 1 heterocycles. The maximum Gasteiger partial charge on any atom is 0.122 e. The normalized spacial score (nSPS) is 12.2. The summed E-state index contributed by atoms with van der Waals surface area (Å²) in [7, 11) is 0. The average molecular weight is 257 g/mol. The van der Waals surface area contributed by atoms with E-state index in [2.05, 4.69) is 4.98 Å². The number of nitrogens with zero attached hydrogens (tertiary/aromatic N) is 1. The second-order valence-corrected chi connectivity index (χ2v) is 4.62. The molecule has 0 amide bonds. The third-order valence-corrected chi connectivity index (χ3v) is 3.02. The lowest BCUT2D eigenvalue weighted by Crippen LogP contribution is -2.04. The molecule has 0 spiro atoms. The summed E-state index contributed by atoms with van der Waals surface area (Å²) < 4.78 is 5.75. The van der Waals surface area contributed by atoms with Crippen molar-refractivity contribution in [2.24, 2.45) is 0 Å². The lowest BCUT2D eigenvalue weighted by Gasteiger charge is -2.11. The predicted molar refractivity (Wildman–Crippen MR) is 75.2 cm³/mol. The standard InChI is InChI=1S/C16H19NO2/c1-12-11-14(13(2)18)6-7-16(12)19-10-8-15-5-3-4-9-17-15/h3-7,9,11,13,18H,8,10H2,1-2H3/t13-/m0/s1. The third-order valence-electron chi connectivity index (χ3n) is 3.02. The van der Waals surface area contributed by atoms with E-state index in [-0.39, 0.29) is 0 Å². The molecule has 3 heteroatoms. The number of ether oxygens (including phenoxy) is 1. The van der Waals surface area contributed by atoms with Crippen LogP contribution in [0.3, 0.4) is 0 Å². The molecule has 0 saturated carbocycles. The molecule has 0 saturated heterocycles. The monoisotopic (exact) mass is 257 g/mol. The first kappa shape index (κ1) is 13.6. The Morgan fingerprint density at radius 2 is 2.11 bits per heavy atom. The van der Waals surface area contributed by atoms with Crippen LogP contribution >= 0.6 is 0 Å². The molecular formula is C16H19NO2. The number of pyridine rings is 1. The van der Waals surface area contributed by atoms with Gasteiger partial charge in [-0.05, 0) is 49.2 Å². The number of aromatic nitrogens is 1. The maximum atomic E-state index is 9.51. The van der Waals surface area contributed by atoms with Gasteiger partial charge in [-0.15, -0.1) is 0 Å². The number of hydrogen-bond donors (Lipinski definition) is 1. The Hall–Kier alpha value is -1.87. The highest BCUT2D eigenvalue weighted by Gasteiger charge is 2.05. The first-order valence-electron chi connectivity index (χ1n) is 6.48. The Morgan fingerprint density at radius 3 is 2.74 bits per heavy atom. The van der Waals surface area contributed by atoms with Gasteiger partial charge in [-0.2, -0.15) is 0 Å². The molecule has 2 rings (SSSR count). The zero-order chi connectivity index (χ0) is 13.7. The summed E-state index contributed by atoms with van der Waals surface area (Å²) in [6.07, 6.45) is 2.14. The van der Waals surface area contributed by atoms with Crippen LogP contribution in [0.4, 0.5) is 0 Å². The van der Waals surface area contributed by atoms with Gasteiger partial charge in [-0.3, -0.25) is 4.98 Å². The van der Waals surface area contributed by atoms with Gasteiger partial charge in [0, 0.05) is 18.3 Å². The molecule has 0 fully saturated rings. The van der Waals surface area contributed by atoms with E-state index in [1.165, 1.54) is 0 Å². The quantitative estimate of drug-likeness (QED) is 0.895. The van der Waals surface area contributed by atoms with Gasteiger partial charge >= 0.3 is 0 Å². The van der Waals surface area contributed by atoms with Gasteiger partial charge in [-0.25, -0.2) is 0 Å². The van der Waals surface area contributed by atoms with Crippen molar-refractivity contribution in [2.75, 3.05) is 6.61 Å². The summed E-state index contributed by atoms with van der Waals surface area (Å²) in [5.41, 5.74) is 2.98. The van der Waals surface area contributed by atoms with Crippen molar-refractivity contribution in [3.05, 3.63) is 59.4 Å². The van der Waals surface area contributed by atoms with Crippen molar-refractivity contribution in [1.29, 1.82) is 0 Å². The summed E-state index contributed by atoms with van der Waals surface area (Å²) in [4.78, 5) is 4.26. The van der Waals surface area contributed by atoms with Crippen LogP contribution < -0.4 is 4.74 Å². The fourth-order valence-corrected chi connectivity index (χ4v) is 1.91. The number of aliphatic hydroxyl groups is 1. The molecule has 1 N–H and O–H groups in total. The van der Waals surface area contributed by atoms with Crippen molar-refractivity contribution in [1.82, 2.24) is 4.98 Å². The van der Waals surface area contributed by atoms with Crippen molar-refractivity contribution >= 4 is 0 Å². The van der Waals surface area contributed by atoms with Crippen LogP contribution in [-0.4, -0.2) is 16.7 Å². The number of aryl methyl sites for hydroxylation is 1. The first-order valence-corrected chi connectivity index (χ1v) is 6.48. The van der Waals surface area contributed by atoms with Crippen LogP contribution in [0.5, 0.6) is 5.75 Å². The topological polar surface area (TPSA) is 42.4 Å². The lowest BCUT2D eigenvalue weighted by atomic mass is 10.1. The number of hydrogen-bond acceptors (Lipinski definition) is 3. The summed E-state index contributed by atoms with van der Waals surface area (Å²) in [5, 5.41) is 9.51. The van der Waals surface area contributed by atoms with Gasteiger partial charge in [0.25, 0.3) is 0 Å². The molecule has 2 aromatic rings. The van der Waals surface area contributed by atoms with E-state index < -0.39 is 6.10 Å². The summed E-state index contributed by atoms with van der Waals surface area (Å²) in [5.74, 6) is 0.861. The molecule has 19 heavy (non-hydrogen) atoms. The van der Waals surface area contributed by atoms with Crippen LogP contribution in [-0.2, 0) is 6.42 Å². The molecule has 1 aromatic heterocycles. The Labute approximate surface area is 113 Å². The first-order chi connectivity index (χ1) is 9.16. The molecule has 0 aliphatic heterocycles. The van der Waals surface area contributed by atoms with E-state index in [1.54, 1.807) is 13.1 Å². The van der Waals surface area contributed by atoms with Crippen LogP contribution in [0.2, 0.25) is 0 Å². The molecular weight excluding hydrogens is 238 g/mol. The lowest BCUT2D eigenvalue weighted by molar-refractivity contribution is 0.199. The van der Waals surface area contributed by atoms with Crippen LogP contribution in [0, 0.1) is 6.92 Å². The third kappa shape index (κ3) is 3.80. The van der Waals surface area contributed by atoms with E-state index in [1.807, 2.05) is 43.3 Å². The van der Waals surface area contributed by atoms with Gasteiger partial charge in [-0.1, -0.05) is 12.1 Å². The van der Waals surface area contributed by atoms with Gasteiger partial charge in [0.15, 0.2) is 0 Å². The number of aliphatic hydroxyl groups excluding tert-OH is 1. The second kappa shape index (κ2) is 6.34. The maximum absolute atomic E-state index is 9.51. The van der Waals surface area contributed by atoms with Gasteiger partial charge in [0.2, 0.25) is 0 Å². The predicted octanol–water partition coefficient (Wildman–Crippen LogP) is 3.06. The van der Waals surface area contributed by atoms with Gasteiger partial charge in [0.05, 0.1) is 12.7 Å². The van der Waals surface area contributed by atoms with Gasteiger partial charge in [0.1, 0.15) is 5.75 Å². The minimum absolute atomic E-state index is 0.443. The van der Waals surface area contributed by atoms with Gasteiger partial charge < -0.3 is 9.84 Å². The molecule has 3 nitrogen and oxygen atoms in total. The molecule has 0 bridgehead atoms. The molecule has 100 valence electrons. The highest BCUT2D eigenvalue weighted by Crippen LogP contribution is 2.22. The highest BCUT2D eigenvalue weighted by atomic mass is 16.5. The molecule has 0 aliphatic rings. The average Bonchev–Trinajstić information content (AvgIpc) is 2.41. The summed E-state index contributed by atoms with van der Waals surface area (Å²) in [6.45, 7) is 4.35. The molecule has 0 aliphatic carbocycles. The minimum atomic E-state index is -0.443. The molecule has 1 aromatic carbocycles. The van der Waals surface area contributed by atoms with Crippen molar-refractivity contribution in [3.8, 4) is 5.75 Å². The SMILES string of the molecule is Cc1cc([C@H](C)O)ccc1OCCc1ccccn1. The van der Waals surface area contributed by atoms with Crippen molar-refractivity contribution < 1.29 is 9.84 Å². The zero-order valence-corrected chi connectivity index (χ0v) is 11.3. The van der Waals surface area contributed by atoms with Crippen LogP contribution in [0.1, 0.15) is 29.8 Å². The Balaban J connectivity index is 1.93. The Bertz CT molecular complexity index is 524. The van der Waals surface area contributed by atoms with E-state index in [4.69, 9.17) is 4.74 Å². The van der Waals surface area contributed by atoms with Crippen molar-refractivity contribution in [2.45, 2.75) is 26.4 Å². The largest absolute Gasteiger partial charge is 0.493 e. The Kier molecular flexibility index (Phi) is 4.53. The molecule has 0 unspecified atom stereocenters. The molecule has 0 radical (unpaired) electrons. The fourth-order valence-electron chi connectivity index (χ4n) is 1.91. The van der Waals surface area contributed by atoms with E-state index in [0.717, 1.165) is 29.0 Å².